The number of unbranched alkanes of at least 4 members (excludes halogenated alkanes) is 19. The molecule has 0 aliphatic heterocycles. The first kappa shape index (κ1) is 42.0. The van der Waals surface area contributed by atoms with Crippen molar-refractivity contribution in [3.63, 3.8) is 0 Å². The lowest BCUT2D eigenvalue weighted by Gasteiger charge is -2.14. The normalized spacial score (nSPS) is 14.7. The minimum absolute atomic E-state index is 0.950. The van der Waals surface area contributed by atoms with Crippen LogP contribution in [0.2, 0.25) is 0 Å². The van der Waals surface area contributed by atoms with Gasteiger partial charge in [-0.25, -0.2) is 0 Å². The third kappa shape index (κ3) is 32.9. The summed E-state index contributed by atoms with van der Waals surface area (Å²) in [6, 6.07) is 0. The molecule has 4 atom stereocenters. The zero-order valence-corrected chi connectivity index (χ0v) is 30.9. The van der Waals surface area contributed by atoms with Crippen molar-refractivity contribution in [2.45, 2.75) is 247 Å². The van der Waals surface area contributed by atoms with Crippen molar-refractivity contribution in [3.05, 3.63) is 0 Å². The van der Waals surface area contributed by atoms with E-state index in [0.29, 0.717) is 0 Å². The van der Waals surface area contributed by atoms with Crippen LogP contribution in [0.25, 0.3) is 0 Å². The predicted molar refractivity (Wildman–Crippen MR) is 196 cm³/mol. The molecule has 0 rings (SSSR count). The second-order valence-electron chi connectivity index (χ2n) is 15.5. The Morgan fingerprint density at radius 1 is 0.214 bits per heavy atom. The summed E-state index contributed by atoms with van der Waals surface area (Å²) in [6.07, 6.45) is 46.9. The lowest BCUT2D eigenvalue weighted by atomic mass is 9.92. The standard InChI is InChI=1S/C42H86/c1-7-9-11-13-14-15-18-24-32-40(4)35-27-21-29-37-42(6)38-30-22-28-36-41(5)34-26-20-16-19-25-33-39(3)31-23-17-12-10-8-2/h39-42H,7-38H2,1-6H3. The van der Waals surface area contributed by atoms with Crippen molar-refractivity contribution in [2.75, 3.05) is 0 Å². The van der Waals surface area contributed by atoms with Crippen molar-refractivity contribution in [2.24, 2.45) is 23.7 Å². The van der Waals surface area contributed by atoms with Crippen molar-refractivity contribution >= 4 is 0 Å². The van der Waals surface area contributed by atoms with Gasteiger partial charge in [-0.3, -0.25) is 0 Å². The second kappa shape index (κ2) is 33.9. The van der Waals surface area contributed by atoms with Crippen molar-refractivity contribution < 1.29 is 0 Å². The average molecular weight is 591 g/mol. The quantitative estimate of drug-likeness (QED) is 0.0644. The van der Waals surface area contributed by atoms with Crippen LogP contribution in [0.3, 0.4) is 0 Å². The molecule has 0 aromatic carbocycles. The molecule has 0 radical (unpaired) electrons. The number of hydrogen-bond acceptors (Lipinski definition) is 0. The summed E-state index contributed by atoms with van der Waals surface area (Å²) >= 11 is 0. The molecule has 0 aromatic rings. The Bertz CT molecular complexity index is 480. The van der Waals surface area contributed by atoms with Crippen LogP contribution in [0.15, 0.2) is 0 Å². The van der Waals surface area contributed by atoms with Crippen molar-refractivity contribution in [1.82, 2.24) is 0 Å². The van der Waals surface area contributed by atoms with E-state index in [1.807, 2.05) is 0 Å². The molecular weight excluding hydrogens is 504 g/mol. The van der Waals surface area contributed by atoms with Crippen molar-refractivity contribution in [1.29, 1.82) is 0 Å². The van der Waals surface area contributed by atoms with E-state index in [2.05, 4.69) is 41.5 Å². The predicted octanol–water partition coefficient (Wildman–Crippen LogP) is 16.1. The molecule has 0 nitrogen and oxygen atoms in total. The van der Waals surface area contributed by atoms with Gasteiger partial charge in [0.05, 0.1) is 0 Å². The highest BCUT2D eigenvalue weighted by atomic mass is 14.1. The monoisotopic (exact) mass is 591 g/mol. The molecule has 0 heterocycles. The van der Waals surface area contributed by atoms with E-state index >= 15 is 0 Å². The first-order valence-corrected chi connectivity index (χ1v) is 20.5. The Morgan fingerprint density at radius 3 is 0.548 bits per heavy atom. The van der Waals surface area contributed by atoms with Gasteiger partial charge in [0.2, 0.25) is 0 Å². The summed E-state index contributed by atoms with van der Waals surface area (Å²) in [5, 5.41) is 0. The van der Waals surface area contributed by atoms with Gasteiger partial charge < -0.3 is 0 Å². The summed E-state index contributed by atoms with van der Waals surface area (Å²) in [5.74, 6) is 3.82. The van der Waals surface area contributed by atoms with Gasteiger partial charge in [0.15, 0.2) is 0 Å². The van der Waals surface area contributed by atoms with Crippen LogP contribution in [0.1, 0.15) is 247 Å². The SMILES string of the molecule is CCCCCCCCCCC(C)CCCCCC(C)CCCCCC(C)CCCCCCCC(C)CCCCCCC. The van der Waals surface area contributed by atoms with Gasteiger partial charge in [-0.2, -0.15) is 0 Å². The Hall–Kier alpha value is 0. The fraction of sp³-hybridized carbons (Fsp3) is 1.00. The Labute approximate surface area is 270 Å². The fourth-order valence-corrected chi connectivity index (χ4v) is 7.14. The molecule has 0 bridgehead atoms. The highest BCUT2D eigenvalue weighted by Gasteiger charge is 2.07. The topological polar surface area (TPSA) is 0 Å². The zero-order chi connectivity index (χ0) is 30.9. The molecule has 42 heavy (non-hydrogen) atoms. The van der Waals surface area contributed by atoms with Crippen LogP contribution in [0, 0.1) is 23.7 Å². The molecule has 0 N–H and O–H groups in total. The average Bonchev–Trinajstić information content (AvgIpc) is 2.97. The summed E-state index contributed by atoms with van der Waals surface area (Å²) in [6.45, 7) is 14.7. The molecule has 0 aromatic heterocycles. The minimum atomic E-state index is 0.950. The van der Waals surface area contributed by atoms with E-state index in [9.17, 15) is 0 Å². The van der Waals surface area contributed by atoms with Gasteiger partial charge in [0.25, 0.3) is 0 Å². The Morgan fingerprint density at radius 2 is 0.357 bits per heavy atom. The van der Waals surface area contributed by atoms with E-state index in [4.69, 9.17) is 0 Å². The number of rotatable bonds is 35. The molecule has 4 unspecified atom stereocenters. The molecule has 0 aliphatic carbocycles. The molecule has 0 saturated carbocycles. The first-order chi connectivity index (χ1) is 20.5. The third-order valence-corrected chi connectivity index (χ3v) is 10.5. The van der Waals surface area contributed by atoms with E-state index in [-0.39, 0.29) is 0 Å². The molecule has 0 heteroatoms. The minimum Gasteiger partial charge on any atom is -0.0654 e. The summed E-state index contributed by atoms with van der Waals surface area (Å²) in [7, 11) is 0. The molecular formula is C42H86. The Balaban J connectivity index is 3.40. The van der Waals surface area contributed by atoms with Gasteiger partial charge in [-0.15, -0.1) is 0 Å². The maximum Gasteiger partial charge on any atom is -0.0443 e. The highest BCUT2D eigenvalue weighted by Crippen LogP contribution is 2.23. The maximum atomic E-state index is 2.52. The van der Waals surface area contributed by atoms with Gasteiger partial charge in [-0.1, -0.05) is 247 Å². The van der Waals surface area contributed by atoms with Crippen LogP contribution in [0.4, 0.5) is 0 Å². The lowest BCUT2D eigenvalue weighted by molar-refractivity contribution is 0.397. The van der Waals surface area contributed by atoms with Crippen LogP contribution in [-0.4, -0.2) is 0 Å². The molecule has 0 saturated heterocycles. The molecule has 0 amide bonds. The molecule has 0 fully saturated rings. The zero-order valence-electron chi connectivity index (χ0n) is 30.9. The largest absolute Gasteiger partial charge is 0.0654 e. The highest BCUT2D eigenvalue weighted by molar-refractivity contribution is 4.61. The van der Waals surface area contributed by atoms with Crippen LogP contribution in [0.5, 0.6) is 0 Å². The van der Waals surface area contributed by atoms with Crippen LogP contribution < -0.4 is 0 Å². The van der Waals surface area contributed by atoms with E-state index in [1.165, 1.54) is 205 Å². The summed E-state index contributed by atoms with van der Waals surface area (Å²) in [5.41, 5.74) is 0. The first-order valence-electron chi connectivity index (χ1n) is 20.5. The molecule has 0 aliphatic rings. The van der Waals surface area contributed by atoms with Gasteiger partial charge >= 0.3 is 0 Å². The van der Waals surface area contributed by atoms with Crippen LogP contribution >= 0.6 is 0 Å². The van der Waals surface area contributed by atoms with Crippen LogP contribution in [-0.2, 0) is 0 Å². The summed E-state index contributed by atoms with van der Waals surface area (Å²) in [4.78, 5) is 0. The Kier molecular flexibility index (Phi) is 33.9. The van der Waals surface area contributed by atoms with Gasteiger partial charge in [-0.05, 0) is 23.7 Å². The molecule has 254 valence electrons. The van der Waals surface area contributed by atoms with E-state index in [1.54, 1.807) is 0 Å². The van der Waals surface area contributed by atoms with Gasteiger partial charge in [0.1, 0.15) is 0 Å². The molecule has 0 spiro atoms. The van der Waals surface area contributed by atoms with Crippen molar-refractivity contribution in [3.8, 4) is 0 Å². The lowest BCUT2D eigenvalue weighted by Crippen LogP contribution is -1.98. The van der Waals surface area contributed by atoms with E-state index in [0.717, 1.165) is 23.7 Å². The smallest absolute Gasteiger partial charge is 0.0443 e. The maximum absolute atomic E-state index is 2.52. The number of hydrogen-bond donors (Lipinski definition) is 0. The van der Waals surface area contributed by atoms with E-state index < -0.39 is 0 Å². The van der Waals surface area contributed by atoms with Gasteiger partial charge in [0, 0.05) is 0 Å². The fourth-order valence-electron chi connectivity index (χ4n) is 7.14. The second-order valence-corrected chi connectivity index (χ2v) is 15.5. The third-order valence-electron chi connectivity index (χ3n) is 10.5. The summed E-state index contributed by atoms with van der Waals surface area (Å²) < 4.78 is 0.